The van der Waals surface area contributed by atoms with E-state index in [1.54, 1.807) is 12.1 Å². The SMILES string of the molecule is O=C1NC(=Nc2cc(C(=O)O)cc(C(=O)O)c2)S/C1=C\c1ccc(Br)o1. The van der Waals surface area contributed by atoms with Crippen LogP contribution in [0.4, 0.5) is 5.69 Å². The summed E-state index contributed by atoms with van der Waals surface area (Å²) in [4.78, 5) is 38.7. The number of carbonyl (C=O) groups is 3. The number of thioether (sulfide) groups is 1. The highest BCUT2D eigenvalue weighted by Gasteiger charge is 2.24. The first-order valence-electron chi connectivity index (χ1n) is 6.98. The fraction of sp³-hybridized carbons (Fsp3) is 0. The molecule has 2 heterocycles. The average molecular weight is 437 g/mol. The van der Waals surface area contributed by atoms with Crippen LogP contribution < -0.4 is 5.32 Å². The van der Waals surface area contributed by atoms with Crippen LogP contribution in [0.1, 0.15) is 26.5 Å². The van der Waals surface area contributed by atoms with E-state index in [4.69, 9.17) is 14.6 Å². The number of hydrogen-bond acceptors (Lipinski definition) is 6. The zero-order valence-corrected chi connectivity index (χ0v) is 15.1. The van der Waals surface area contributed by atoms with Gasteiger partial charge < -0.3 is 19.9 Å². The summed E-state index contributed by atoms with van der Waals surface area (Å²) in [6.45, 7) is 0. The number of carbonyl (C=O) groups excluding carboxylic acids is 1. The standard InChI is InChI=1S/C16H9BrN2O6S/c17-12-2-1-10(25-12)6-11-13(20)19-16(26-11)18-9-4-7(14(21)22)3-8(5-9)15(23)24/h1-6H,(H,21,22)(H,23,24)(H,18,19,20)/b11-6-. The topological polar surface area (TPSA) is 129 Å². The van der Waals surface area contributed by atoms with E-state index in [0.717, 1.165) is 17.8 Å². The first kappa shape index (κ1) is 18.0. The lowest BCUT2D eigenvalue weighted by Crippen LogP contribution is -2.19. The Morgan fingerprint density at radius 3 is 2.35 bits per heavy atom. The highest BCUT2D eigenvalue weighted by Crippen LogP contribution is 2.29. The lowest BCUT2D eigenvalue weighted by molar-refractivity contribution is -0.115. The van der Waals surface area contributed by atoms with Gasteiger partial charge in [-0.15, -0.1) is 0 Å². The summed E-state index contributed by atoms with van der Waals surface area (Å²) in [5.74, 6) is -2.48. The van der Waals surface area contributed by atoms with Crippen LogP contribution in [0.3, 0.4) is 0 Å². The van der Waals surface area contributed by atoms with Crippen LogP contribution in [0.15, 0.2) is 49.3 Å². The molecule has 1 fully saturated rings. The van der Waals surface area contributed by atoms with Crippen molar-refractivity contribution in [2.75, 3.05) is 0 Å². The number of nitrogens with zero attached hydrogens (tertiary/aromatic N) is 1. The van der Waals surface area contributed by atoms with Crippen LogP contribution >= 0.6 is 27.7 Å². The van der Waals surface area contributed by atoms with Crippen molar-refractivity contribution >= 4 is 62.5 Å². The van der Waals surface area contributed by atoms with E-state index in [-0.39, 0.29) is 22.0 Å². The van der Waals surface area contributed by atoms with Crippen LogP contribution in [-0.2, 0) is 4.79 Å². The zero-order valence-electron chi connectivity index (χ0n) is 12.7. The molecule has 2 aromatic rings. The molecule has 1 aromatic heterocycles. The molecule has 8 nitrogen and oxygen atoms in total. The van der Waals surface area contributed by atoms with Gasteiger partial charge in [0.2, 0.25) is 0 Å². The van der Waals surface area contributed by atoms with E-state index in [1.165, 1.54) is 18.2 Å². The van der Waals surface area contributed by atoms with E-state index < -0.39 is 17.8 Å². The molecule has 0 atom stereocenters. The molecule has 3 N–H and O–H groups in total. The van der Waals surface area contributed by atoms with Crippen LogP contribution in [-0.4, -0.2) is 33.2 Å². The molecule has 0 radical (unpaired) electrons. The molecule has 1 aromatic carbocycles. The number of benzene rings is 1. The third-order valence-electron chi connectivity index (χ3n) is 3.16. The smallest absolute Gasteiger partial charge is 0.335 e. The normalized spacial score (nSPS) is 16.9. The molecule has 3 rings (SSSR count). The molecule has 0 saturated carbocycles. The fourth-order valence-electron chi connectivity index (χ4n) is 2.06. The molecule has 0 bridgehead atoms. The number of amidine groups is 1. The van der Waals surface area contributed by atoms with Crippen molar-refractivity contribution in [1.29, 1.82) is 0 Å². The summed E-state index contributed by atoms with van der Waals surface area (Å²) in [7, 11) is 0. The van der Waals surface area contributed by atoms with Gasteiger partial charge in [0.1, 0.15) is 5.76 Å². The molecular weight excluding hydrogens is 428 g/mol. The number of aromatic carboxylic acids is 2. The Morgan fingerprint density at radius 2 is 1.81 bits per heavy atom. The van der Waals surface area contributed by atoms with E-state index >= 15 is 0 Å². The number of nitrogens with one attached hydrogen (secondary N) is 1. The van der Waals surface area contributed by atoms with Crippen molar-refractivity contribution in [1.82, 2.24) is 5.32 Å². The minimum atomic E-state index is -1.28. The van der Waals surface area contributed by atoms with Gasteiger partial charge in [0.05, 0.1) is 21.7 Å². The number of rotatable bonds is 4. The largest absolute Gasteiger partial charge is 0.478 e. The quantitative estimate of drug-likeness (QED) is 0.626. The van der Waals surface area contributed by atoms with Crippen LogP contribution in [0.2, 0.25) is 0 Å². The molecule has 1 aliphatic rings. The highest BCUT2D eigenvalue weighted by molar-refractivity contribution is 9.10. The van der Waals surface area contributed by atoms with Gasteiger partial charge in [-0.1, -0.05) is 0 Å². The molecule has 10 heteroatoms. The number of halogens is 1. The van der Waals surface area contributed by atoms with Gasteiger partial charge in [0, 0.05) is 6.08 Å². The number of amides is 1. The van der Waals surface area contributed by atoms with Gasteiger partial charge in [0.15, 0.2) is 9.84 Å². The van der Waals surface area contributed by atoms with Gasteiger partial charge in [-0.05, 0) is 58.0 Å². The van der Waals surface area contributed by atoms with Crippen molar-refractivity contribution in [3.05, 3.63) is 56.8 Å². The maximum absolute atomic E-state index is 12.0. The summed E-state index contributed by atoms with van der Waals surface area (Å²) in [5, 5.41) is 20.9. The van der Waals surface area contributed by atoms with E-state index in [2.05, 4.69) is 26.2 Å². The first-order chi connectivity index (χ1) is 12.3. The molecular formula is C16H9BrN2O6S. The second-order valence-electron chi connectivity index (χ2n) is 5.00. The minimum absolute atomic E-state index is 0.104. The monoisotopic (exact) mass is 436 g/mol. The third-order valence-corrected chi connectivity index (χ3v) is 4.50. The van der Waals surface area contributed by atoms with E-state index in [9.17, 15) is 14.4 Å². The van der Waals surface area contributed by atoms with E-state index in [1.807, 2.05) is 0 Å². The van der Waals surface area contributed by atoms with Gasteiger partial charge in [0.25, 0.3) is 5.91 Å². The second-order valence-corrected chi connectivity index (χ2v) is 6.81. The Kier molecular flexibility index (Phi) is 4.96. The molecule has 1 saturated heterocycles. The Bertz CT molecular complexity index is 962. The van der Waals surface area contributed by atoms with Crippen LogP contribution in [0.5, 0.6) is 0 Å². The third kappa shape index (κ3) is 4.03. The van der Waals surface area contributed by atoms with Crippen LogP contribution in [0.25, 0.3) is 6.08 Å². The Hall–Kier alpha value is -2.85. The van der Waals surface area contributed by atoms with Gasteiger partial charge in [-0.25, -0.2) is 14.6 Å². The maximum atomic E-state index is 12.0. The van der Waals surface area contributed by atoms with Gasteiger partial charge in [-0.2, -0.15) is 0 Å². The number of carboxylic acid groups (broad SMARTS) is 2. The Balaban J connectivity index is 1.91. The van der Waals surface area contributed by atoms with Crippen molar-refractivity contribution in [3.8, 4) is 0 Å². The minimum Gasteiger partial charge on any atom is -0.478 e. The molecule has 26 heavy (non-hydrogen) atoms. The van der Waals surface area contributed by atoms with E-state index in [0.29, 0.717) is 15.3 Å². The zero-order chi connectivity index (χ0) is 18.8. The summed E-state index contributed by atoms with van der Waals surface area (Å²) in [6, 6.07) is 6.84. The summed E-state index contributed by atoms with van der Waals surface area (Å²) >= 11 is 4.19. The molecule has 0 spiro atoms. The predicted octanol–water partition coefficient (Wildman–Crippen LogP) is 3.33. The summed E-state index contributed by atoms with van der Waals surface area (Å²) in [5.41, 5.74) is -0.323. The maximum Gasteiger partial charge on any atom is 0.335 e. The Labute approximate surface area is 158 Å². The van der Waals surface area contributed by atoms with Crippen molar-refractivity contribution < 1.29 is 29.0 Å². The number of furan rings is 1. The van der Waals surface area contributed by atoms with Gasteiger partial charge in [-0.3, -0.25) is 4.79 Å². The Morgan fingerprint density at radius 1 is 1.15 bits per heavy atom. The summed E-state index contributed by atoms with van der Waals surface area (Å²) < 4.78 is 5.83. The number of aliphatic imine (C=N–C) groups is 1. The first-order valence-corrected chi connectivity index (χ1v) is 8.59. The molecule has 0 unspecified atom stereocenters. The predicted molar refractivity (Wildman–Crippen MR) is 97.6 cm³/mol. The number of carboxylic acids is 2. The summed E-state index contributed by atoms with van der Waals surface area (Å²) in [6.07, 6.45) is 1.53. The fourth-order valence-corrected chi connectivity index (χ4v) is 3.20. The van der Waals surface area contributed by atoms with Crippen molar-refractivity contribution in [3.63, 3.8) is 0 Å². The van der Waals surface area contributed by atoms with Crippen LogP contribution in [0, 0.1) is 0 Å². The van der Waals surface area contributed by atoms with Crippen molar-refractivity contribution in [2.24, 2.45) is 4.99 Å². The lowest BCUT2D eigenvalue weighted by Gasteiger charge is -2.02. The molecule has 0 aliphatic carbocycles. The molecule has 132 valence electrons. The molecule has 1 aliphatic heterocycles. The lowest BCUT2D eigenvalue weighted by atomic mass is 10.1. The average Bonchev–Trinajstić information content (AvgIpc) is 3.13. The van der Waals surface area contributed by atoms with Gasteiger partial charge >= 0.3 is 11.9 Å². The van der Waals surface area contributed by atoms with Crippen molar-refractivity contribution in [2.45, 2.75) is 0 Å². The molecule has 1 amide bonds. The number of hydrogen-bond donors (Lipinski definition) is 3. The second kappa shape index (κ2) is 7.18. The highest BCUT2D eigenvalue weighted by atomic mass is 79.9.